The van der Waals surface area contributed by atoms with Gasteiger partial charge in [-0.3, -0.25) is 4.79 Å². The van der Waals surface area contributed by atoms with Gasteiger partial charge >= 0.3 is 0 Å². The zero-order valence-electron chi connectivity index (χ0n) is 13.4. The molecule has 0 atom stereocenters. The summed E-state index contributed by atoms with van der Waals surface area (Å²) in [5.41, 5.74) is 2.74. The molecule has 1 N–H and O–H groups in total. The topological polar surface area (TPSA) is 94.2 Å². The Morgan fingerprint density at radius 2 is 2.00 bits per heavy atom. The zero-order valence-corrected chi connectivity index (χ0v) is 14.2. The number of rotatable bonds is 3. The first-order valence-electron chi connectivity index (χ1n) is 7.67. The van der Waals surface area contributed by atoms with Crippen LogP contribution in [0.2, 0.25) is 0 Å². The highest BCUT2D eigenvalue weighted by Crippen LogP contribution is 2.33. The molecular formula is C17H15N3O4S. The molecule has 3 aromatic rings. The van der Waals surface area contributed by atoms with Gasteiger partial charge in [-0.2, -0.15) is 5.10 Å². The van der Waals surface area contributed by atoms with E-state index in [0.29, 0.717) is 17.1 Å². The van der Waals surface area contributed by atoms with Gasteiger partial charge in [0.05, 0.1) is 29.2 Å². The van der Waals surface area contributed by atoms with Gasteiger partial charge in [-0.1, -0.05) is 18.2 Å². The monoisotopic (exact) mass is 357 g/mol. The van der Waals surface area contributed by atoms with Crippen molar-refractivity contribution in [1.82, 2.24) is 9.78 Å². The van der Waals surface area contributed by atoms with Crippen molar-refractivity contribution in [3.05, 3.63) is 65.2 Å². The van der Waals surface area contributed by atoms with Crippen molar-refractivity contribution in [2.24, 2.45) is 0 Å². The number of aryl methyl sites for hydroxylation is 1. The fourth-order valence-corrected chi connectivity index (χ4v) is 4.42. The van der Waals surface area contributed by atoms with Crippen LogP contribution in [0.15, 0.2) is 47.1 Å². The first-order valence-corrected chi connectivity index (χ1v) is 9.49. The van der Waals surface area contributed by atoms with Crippen LogP contribution in [0.4, 0.5) is 5.82 Å². The minimum Gasteiger partial charge on any atom is -0.459 e. The number of hydrogen-bond acceptors (Lipinski definition) is 5. The van der Waals surface area contributed by atoms with Gasteiger partial charge < -0.3 is 9.73 Å². The SMILES string of the molecule is Cc1ccccc1-n1nc2c(c1NC(=O)c1ccco1)CS(=O)(=O)C2. The molecule has 0 saturated carbocycles. The number of amides is 1. The number of aromatic nitrogens is 2. The molecule has 0 bridgehead atoms. The second-order valence-electron chi connectivity index (χ2n) is 5.94. The van der Waals surface area contributed by atoms with Gasteiger partial charge in [0.1, 0.15) is 5.82 Å². The van der Waals surface area contributed by atoms with Crippen molar-refractivity contribution in [2.75, 3.05) is 5.32 Å². The van der Waals surface area contributed by atoms with E-state index in [0.717, 1.165) is 11.3 Å². The van der Waals surface area contributed by atoms with E-state index in [4.69, 9.17) is 4.42 Å². The van der Waals surface area contributed by atoms with Crippen molar-refractivity contribution in [2.45, 2.75) is 18.4 Å². The fraction of sp³-hybridized carbons (Fsp3) is 0.176. The number of furan rings is 1. The number of fused-ring (bicyclic) bond motifs is 1. The molecule has 7 nitrogen and oxygen atoms in total. The lowest BCUT2D eigenvalue weighted by Crippen LogP contribution is -2.16. The van der Waals surface area contributed by atoms with Crippen LogP contribution < -0.4 is 5.32 Å². The molecule has 0 saturated heterocycles. The summed E-state index contributed by atoms with van der Waals surface area (Å²) in [4.78, 5) is 12.4. The number of nitrogens with one attached hydrogen (secondary N) is 1. The first kappa shape index (κ1) is 15.6. The van der Waals surface area contributed by atoms with Crippen LogP contribution in [0.5, 0.6) is 0 Å². The predicted octanol–water partition coefficient (Wildman–Crippen LogP) is 2.45. The number of nitrogens with zero attached hydrogens (tertiary/aromatic N) is 2. The Hall–Kier alpha value is -2.87. The van der Waals surface area contributed by atoms with Crippen molar-refractivity contribution in [3.63, 3.8) is 0 Å². The Labute approximate surface area is 144 Å². The highest BCUT2D eigenvalue weighted by Gasteiger charge is 2.33. The molecule has 3 heterocycles. The molecular weight excluding hydrogens is 342 g/mol. The van der Waals surface area contributed by atoms with Crippen LogP contribution in [-0.4, -0.2) is 24.1 Å². The molecule has 128 valence electrons. The maximum Gasteiger partial charge on any atom is 0.292 e. The van der Waals surface area contributed by atoms with E-state index >= 15 is 0 Å². The van der Waals surface area contributed by atoms with Gasteiger partial charge in [-0.25, -0.2) is 13.1 Å². The zero-order chi connectivity index (χ0) is 17.6. The fourth-order valence-electron chi connectivity index (χ4n) is 2.92. The van der Waals surface area contributed by atoms with E-state index in [-0.39, 0.29) is 17.3 Å². The van der Waals surface area contributed by atoms with Gasteiger partial charge in [-0.15, -0.1) is 0 Å². The minimum absolute atomic E-state index is 0.120. The summed E-state index contributed by atoms with van der Waals surface area (Å²) in [6.07, 6.45) is 1.41. The van der Waals surface area contributed by atoms with Gasteiger partial charge in [0.25, 0.3) is 5.91 Å². The van der Waals surface area contributed by atoms with Crippen LogP contribution in [0, 0.1) is 6.92 Å². The van der Waals surface area contributed by atoms with Gasteiger partial charge in [0.2, 0.25) is 0 Å². The summed E-state index contributed by atoms with van der Waals surface area (Å²) in [5.74, 6) is -0.196. The van der Waals surface area contributed by atoms with Gasteiger partial charge in [-0.05, 0) is 30.7 Å². The molecule has 1 amide bonds. The molecule has 0 radical (unpaired) electrons. The van der Waals surface area contributed by atoms with Crippen molar-refractivity contribution in [1.29, 1.82) is 0 Å². The lowest BCUT2D eigenvalue weighted by atomic mass is 10.2. The molecule has 0 spiro atoms. The van der Waals surface area contributed by atoms with Crippen LogP contribution >= 0.6 is 0 Å². The average molecular weight is 357 g/mol. The molecule has 2 aromatic heterocycles. The number of anilines is 1. The summed E-state index contributed by atoms with van der Waals surface area (Å²) in [6.45, 7) is 1.93. The normalized spacial score (nSPS) is 15.1. The molecule has 1 aliphatic heterocycles. The number of carbonyl (C=O) groups is 1. The second kappa shape index (κ2) is 5.59. The number of carbonyl (C=O) groups excluding carboxylic acids is 1. The third-order valence-electron chi connectivity index (χ3n) is 4.11. The Morgan fingerprint density at radius 1 is 1.20 bits per heavy atom. The third kappa shape index (κ3) is 2.74. The van der Waals surface area contributed by atoms with Gasteiger partial charge in [0, 0.05) is 5.56 Å². The summed E-state index contributed by atoms with van der Waals surface area (Å²) in [7, 11) is -3.23. The maximum atomic E-state index is 12.4. The smallest absolute Gasteiger partial charge is 0.292 e. The third-order valence-corrected chi connectivity index (χ3v) is 5.55. The lowest BCUT2D eigenvalue weighted by molar-refractivity contribution is 0.0996. The Balaban J connectivity index is 1.83. The van der Waals surface area contributed by atoms with Crippen LogP contribution in [-0.2, 0) is 21.3 Å². The lowest BCUT2D eigenvalue weighted by Gasteiger charge is -2.12. The van der Waals surface area contributed by atoms with E-state index in [1.54, 1.807) is 16.8 Å². The summed E-state index contributed by atoms with van der Waals surface area (Å²) in [6, 6.07) is 10.7. The molecule has 8 heteroatoms. The van der Waals surface area contributed by atoms with Crippen LogP contribution in [0.25, 0.3) is 5.69 Å². The van der Waals surface area contributed by atoms with E-state index in [1.807, 2.05) is 31.2 Å². The van der Waals surface area contributed by atoms with E-state index in [9.17, 15) is 13.2 Å². The second-order valence-corrected chi connectivity index (χ2v) is 8.00. The van der Waals surface area contributed by atoms with Crippen molar-refractivity contribution < 1.29 is 17.6 Å². The Morgan fingerprint density at radius 3 is 2.72 bits per heavy atom. The number of hydrogen-bond donors (Lipinski definition) is 1. The standard InChI is InChI=1S/C17H15N3O4S/c1-11-5-2-3-6-14(11)20-16(18-17(21)15-7-4-8-24-15)12-9-25(22,23)10-13(12)19-20/h2-8H,9-10H2,1H3,(H,18,21). The summed E-state index contributed by atoms with van der Waals surface area (Å²) >= 11 is 0. The van der Waals surface area contributed by atoms with E-state index < -0.39 is 15.7 Å². The first-order chi connectivity index (χ1) is 11.9. The van der Waals surface area contributed by atoms with E-state index in [1.165, 1.54) is 6.26 Å². The maximum absolute atomic E-state index is 12.4. The largest absolute Gasteiger partial charge is 0.459 e. The Kier molecular flexibility index (Phi) is 3.50. The molecule has 0 aliphatic carbocycles. The average Bonchev–Trinajstić information content (AvgIpc) is 3.24. The number of sulfone groups is 1. The van der Waals surface area contributed by atoms with Crippen molar-refractivity contribution in [3.8, 4) is 5.69 Å². The quantitative estimate of drug-likeness (QED) is 0.777. The van der Waals surface area contributed by atoms with Crippen LogP contribution in [0.3, 0.4) is 0 Å². The molecule has 1 aromatic carbocycles. The highest BCUT2D eigenvalue weighted by molar-refractivity contribution is 7.90. The van der Waals surface area contributed by atoms with Crippen molar-refractivity contribution >= 4 is 21.6 Å². The molecule has 4 rings (SSSR count). The highest BCUT2D eigenvalue weighted by atomic mass is 32.2. The summed E-state index contributed by atoms with van der Waals surface area (Å²) < 4.78 is 30.6. The van der Waals surface area contributed by atoms with Gasteiger partial charge in [0.15, 0.2) is 15.6 Å². The molecule has 1 aliphatic rings. The number of benzene rings is 1. The van der Waals surface area contributed by atoms with E-state index in [2.05, 4.69) is 10.4 Å². The summed E-state index contributed by atoms with van der Waals surface area (Å²) in [5, 5.41) is 7.20. The molecule has 0 fully saturated rings. The molecule has 25 heavy (non-hydrogen) atoms. The predicted molar refractivity (Wildman–Crippen MR) is 91.3 cm³/mol. The Bertz CT molecular complexity index is 1070. The minimum atomic E-state index is -3.23. The number of para-hydroxylation sites is 1. The molecule has 0 unspecified atom stereocenters. The van der Waals surface area contributed by atoms with Crippen LogP contribution in [0.1, 0.15) is 27.4 Å².